The first-order chi connectivity index (χ1) is 13.1. The van der Waals surface area contributed by atoms with Crippen molar-refractivity contribution in [1.82, 2.24) is 10.6 Å². The van der Waals surface area contributed by atoms with Crippen molar-refractivity contribution in [2.45, 2.75) is 6.42 Å². The number of hydrogen-bond acceptors (Lipinski definition) is 3. The van der Waals surface area contributed by atoms with E-state index in [2.05, 4.69) is 26.6 Å². The minimum atomic E-state index is -0.411. The molecule has 3 N–H and O–H groups in total. The number of aliphatic hydroxyl groups excluding tert-OH is 1. The number of carbonyl (C=O) groups is 2. The third kappa shape index (κ3) is 7.21. The first kappa shape index (κ1) is 20.6. The van der Waals surface area contributed by atoms with Gasteiger partial charge in [0.15, 0.2) is 0 Å². The average molecular weight is 429 g/mol. The molecule has 0 saturated carbocycles. The molecule has 2 amide bonds. The predicted octanol–water partition coefficient (Wildman–Crippen LogP) is 3.27. The van der Waals surface area contributed by atoms with Crippen molar-refractivity contribution < 1.29 is 14.7 Å². The van der Waals surface area contributed by atoms with Crippen molar-refractivity contribution in [3.63, 3.8) is 0 Å². The van der Waals surface area contributed by atoms with Gasteiger partial charge in [0.2, 0.25) is 0 Å². The lowest BCUT2D eigenvalue weighted by molar-refractivity contribution is -0.117. The van der Waals surface area contributed by atoms with Crippen LogP contribution in [0.15, 0.2) is 76.9 Å². The van der Waals surface area contributed by atoms with Gasteiger partial charge in [-0.3, -0.25) is 9.59 Å². The largest absolute Gasteiger partial charge is 0.396 e. The second-order valence-corrected chi connectivity index (χ2v) is 6.56. The summed E-state index contributed by atoms with van der Waals surface area (Å²) in [4.78, 5) is 24.8. The van der Waals surface area contributed by atoms with E-state index >= 15 is 0 Å². The van der Waals surface area contributed by atoms with Gasteiger partial charge in [-0.15, -0.1) is 0 Å². The van der Waals surface area contributed by atoms with Crippen LogP contribution in [0.4, 0.5) is 0 Å². The fourth-order valence-electron chi connectivity index (χ4n) is 2.17. The molecule has 140 valence electrons. The average Bonchev–Trinajstić information content (AvgIpc) is 2.68. The molecule has 2 aromatic carbocycles. The van der Waals surface area contributed by atoms with E-state index in [1.54, 1.807) is 36.4 Å². The van der Waals surface area contributed by atoms with Gasteiger partial charge in [0.05, 0.1) is 0 Å². The SMILES string of the molecule is O=C(NCCCO)/C(=C\C=C\c1ccccc1)NC(=O)c1ccc(Br)cc1. The number of amides is 2. The summed E-state index contributed by atoms with van der Waals surface area (Å²) in [5.41, 5.74) is 1.56. The van der Waals surface area contributed by atoms with Gasteiger partial charge < -0.3 is 15.7 Å². The summed E-state index contributed by atoms with van der Waals surface area (Å²) >= 11 is 3.32. The van der Waals surface area contributed by atoms with Crippen LogP contribution in [0.25, 0.3) is 6.08 Å². The molecule has 0 bridgehead atoms. The van der Waals surface area contributed by atoms with Gasteiger partial charge in [0, 0.05) is 23.2 Å². The maximum Gasteiger partial charge on any atom is 0.267 e. The molecule has 0 saturated heterocycles. The molecule has 0 spiro atoms. The predicted molar refractivity (Wildman–Crippen MR) is 110 cm³/mol. The molecule has 0 radical (unpaired) electrons. The van der Waals surface area contributed by atoms with Crippen LogP contribution < -0.4 is 10.6 Å². The monoisotopic (exact) mass is 428 g/mol. The van der Waals surface area contributed by atoms with E-state index in [-0.39, 0.29) is 18.2 Å². The number of hydrogen-bond donors (Lipinski definition) is 3. The maximum absolute atomic E-state index is 12.4. The van der Waals surface area contributed by atoms with Crippen molar-refractivity contribution >= 4 is 33.8 Å². The summed E-state index contributed by atoms with van der Waals surface area (Å²) in [7, 11) is 0. The lowest BCUT2D eigenvalue weighted by Crippen LogP contribution is -2.35. The Hall–Kier alpha value is -2.70. The van der Waals surface area contributed by atoms with Crippen LogP contribution in [-0.4, -0.2) is 30.1 Å². The summed E-state index contributed by atoms with van der Waals surface area (Å²) in [6.07, 6.45) is 5.54. The second-order valence-electron chi connectivity index (χ2n) is 5.64. The highest BCUT2D eigenvalue weighted by Crippen LogP contribution is 2.11. The second kappa shape index (κ2) is 11.1. The van der Waals surface area contributed by atoms with Gasteiger partial charge in [-0.2, -0.15) is 0 Å². The normalized spacial score (nSPS) is 11.4. The van der Waals surface area contributed by atoms with Crippen molar-refractivity contribution in [3.05, 3.63) is 88.0 Å². The Kier molecular flexibility index (Phi) is 8.48. The molecule has 6 heteroatoms. The van der Waals surface area contributed by atoms with E-state index in [1.165, 1.54) is 0 Å². The zero-order valence-electron chi connectivity index (χ0n) is 14.7. The van der Waals surface area contributed by atoms with Crippen LogP contribution in [0, 0.1) is 0 Å². The smallest absolute Gasteiger partial charge is 0.267 e. The number of halogens is 1. The Morgan fingerprint density at radius 3 is 2.41 bits per heavy atom. The highest BCUT2D eigenvalue weighted by Gasteiger charge is 2.13. The number of benzene rings is 2. The van der Waals surface area contributed by atoms with Crippen LogP contribution in [-0.2, 0) is 4.79 Å². The Balaban J connectivity index is 2.14. The van der Waals surface area contributed by atoms with E-state index in [4.69, 9.17) is 5.11 Å². The van der Waals surface area contributed by atoms with Gasteiger partial charge in [-0.1, -0.05) is 58.4 Å². The number of nitrogens with one attached hydrogen (secondary N) is 2. The molecule has 27 heavy (non-hydrogen) atoms. The molecule has 2 rings (SSSR count). The molecule has 0 fully saturated rings. The van der Waals surface area contributed by atoms with E-state index in [1.807, 2.05) is 36.4 Å². The van der Waals surface area contributed by atoms with E-state index < -0.39 is 5.91 Å². The fraction of sp³-hybridized carbons (Fsp3) is 0.143. The summed E-state index contributed by atoms with van der Waals surface area (Å²) < 4.78 is 0.863. The summed E-state index contributed by atoms with van der Waals surface area (Å²) in [6.45, 7) is 0.307. The fourth-order valence-corrected chi connectivity index (χ4v) is 2.43. The number of rotatable bonds is 8. The maximum atomic E-state index is 12.4. The molecule has 0 unspecified atom stereocenters. The van der Waals surface area contributed by atoms with Crippen LogP contribution in [0.3, 0.4) is 0 Å². The molecule has 2 aromatic rings. The number of aliphatic hydroxyl groups is 1. The number of allylic oxidation sites excluding steroid dienone is 2. The highest BCUT2D eigenvalue weighted by molar-refractivity contribution is 9.10. The summed E-state index contributed by atoms with van der Waals surface area (Å²) in [5.74, 6) is -0.786. The third-order valence-corrected chi connectivity index (χ3v) is 4.10. The quantitative estimate of drug-likeness (QED) is 0.343. The van der Waals surface area contributed by atoms with Crippen LogP contribution in [0.2, 0.25) is 0 Å². The topological polar surface area (TPSA) is 78.4 Å². The van der Waals surface area contributed by atoms with Gasteiger partial charge in [0.25, 0.3) is 11.8 Å². The molecule has 0 aliphatic carbocycles. The van der Waals surface area contributed by atoms with Crippen molar-refractivity contribution in [1.29, 1.82) is 0 Å². The Bertz CT molecular complexity index is 815. The Morgan fingerprint density at radius 1 is 1.04 bits per heavy atom. The Labute approximate surface area is 166 Å². The molecule has 0 heterocycles. The van der Waals surface area contributed by atoms with E-state index in [0.29, 0.717) is 18.5 Å². The lowest BCUT2D eigenvalue weighted by Gasteiger charge is -2.10. The van der Waals surface area contributed by atoms with Gasteiger partial charge in [-0.25, -0.2) is 0 Å². The lowest BCUT2D eigenvalue weighted by atomic mass is 10.2. The Morgan fingerprint density at radius 2 is 1.74 bits per heavy atom. The van der Waals surface area contributed by atoms with Crippen molar-refractivity contribution in [3.8, 4) is 0 Å². The molecule has 0 aromatic heterocycles. The van der Waals surface area contributed by atoms with Gasteiger partial charge >= 0.3 is 0 Å². The molecule has 5 nitrogen and oxygen atoms in total. The van der Waals surface area contributed by atoms with Crippen molar-refractivity contribution in [2.24, 2.45) is 0 Å². The first-order valence-electron chi connectivity index (χ1n) is 8.49. The molecule has 0 aliphatic heterocycles. The highest BCUT2D eigenvalue weighted by atomic mass is 79.9. The zero-order chi connectivity index (χ0) is 19.5. The first-order valence-corrected chi connectivity index (χ1v) is 9.29. The standard InChI is InChI=1S/C21H21BrN2O3/c22-18-12-10-17(11-13-18)20(26)24-19(21(27)23-14-5-15-25)9-4-8-16-6-2-1-3-7-16/h1-4,6-13,25H,5,14-15H2,(H,23,27)(H,24,26)/b8-4+,19-9+. The molecule has 0 aliphatic rings. The van der Waals surface area contributed by atoms with Crippen LogP contribution in [0.1, 0.15) is 22.3 Å². The third-order valence-electron chi connectivity index (χ3n) is 3.57. The minimum Gasteiger partial charge on any atom is -0.396 e. The number of carbonyl (C=O) groups excluding carboxylic acids is 2. The van der Waals surface area contributed by atoms with E-state index in [0.717, 1.165) is 10.0 Å². The molecular formula is C21H21BrN2O3. The van der Waals surface area contributed by atoms with E-state index in [9.17, 15) is 9.59 Å². The van der Waals surface area contributed by atoms with Crippen LogP contribution in [0.5, 0.6) is 0 Å². The van der Waals surface area contributed by atoms with Gasteiger partial charge in [0.1, 0.15) is 5.70 Å². The van der Waals surface area contributed by atoms with Gasteiger partial charge in [-0.05, 0) is 42.3 Å². The summed E-state index contributed by atoms with van der Waals surface area (Å²) in [6, 6.07) is 16.5. The molecular weight excluding hydrogens is 408 g/mol. The molecule has 0 atom stereocenters. The minimum absolute atomic E-state index is 0.0154. The summed E-state index contributed by atoms with van der Waals surface area (Å²) in [5, 5.41) is 14.2. The van der Waals surface area contributed by atoms with Crippen LogP contribution >= 0.6 is 15.9 Å². The zero-order valence-corrected chi connectivity index (χ0v) is 16.3. The van der Waals surface area contributed by atoms with Crippen molar-refractivity contribution in [2.75, 3.05) is 13.2 Å².